The number of amides is 1. The summed E-state index contributed by atoms with van der Waals surface area (Å²) in [5, 5.41) is 3.96. The third-order valence-corrected chi connectivity index (χ3v) is 4.24. The highest BCUT2D eigenvalue weighted by atomic mass is 19.1. The van der Waals surface area contributed by atoms with E-state index in [0.717, 1.165) is 5.56 Å². The largest absolute Gasteiger partial charge is 0.339 e. The topological polar surface area (TPSA) is 72.1 Å². The second-order valence-electron chi connectivity index (χ2n) is 5.96. The fraction of sp³-hybridized carbons (Fsp3) is 0.222. The quantitative estimate of drug-likeness (QED) is 0.731. The maximum absolute atomic E-state index is 13.8. The summed E-state index contributed by atoms with van der Waals surface area (Å²) in [6, 6.07) is 10.1. The average molecular weight is 338 g/mol. The summed E-state index contributed by atoms with van der Waals surface area (Å²) in [6.07, 6.45) is 3.60. The maximum Gasteiger partial charge on any atom is 0.232 e. The van der Waals surface area contributed by atoms with E-state index in [1.165, 1.54) is 6.07 Å². The molecule has 3 heterocycles. The van der Waals surface area contributed by atoms with E-state index in [-0.39, 0.29) is 30.6 Å². The molecule has 1 amide bonds. The molecular weight excluding hydrogens is 323 g/mol. The molecule has 0 aliphatic carbocycles. The van der Waals surface area contributed by atoms with Gasteiger partial charge < -0.3 is 9.42 Å². The van der Waals surface area contributed by atoms with Crippen LogP contribution in [0.25, 0.3) is 11.4 Å². The van der Waals surface area contributed by atoms with Crippen molar-refractivity contribution in [3.63, 3.8) is 0 Å². The van der Waals surface area contributed by atoms with Crippen LogP contribution in [0.15, 0.2) is 53.3 Å². The molecule has 3 aromatic rings. The first-order valence-electron chi connectivity index (χ1n) is 7.96. The molecule has 0 bridgehead atoms. The Labute approximate surface area is 143 Å². The molecule has 0 saturated carbocycles. The molecule has 1 saturated heterocycles. The van der Waals surface area contributed by atoms with Gasteiger partial charge in [0.15, 0.2) is 0 Å². The van der Waals surface area contributed by atoms with Crippen molar-refractivity contribution in [2.45, 2.75) is 18.9 Å². The van der Waals surface area contributed by atoms with Crippen molar-refractivity contribution in [2.75, 3.05) is 6.54 Å². The van der Waals surface area contributed by atoms with Crippen molar-refractivity contribution < 1.29 is 13.7 Å². The summed E-state index contributed by atoms with van der Waals surface area (Å²) in [5.74, 6) is 0.327. The van der Waals surface area contributed by atoms with Crippen molar-refractivity contribution >= 4 is 5.91 Å². The average Bonchev–Trinajstić information content (AvgIpc) is 3.25. The van der Waals surface area contributed by atoms with Crippen LogP contribution in [-0.2, 0) is 11.3 Å². The molecule has 6 nitrogen and oxygen atoms in total. The Kier molecular flexibility index (Phi) is 3.97. The molecule has 4 rings (SSSR count). The van der Waals surface area contributed by atoms with Gasteiger partial charge in [-0.2, -0.15) is 4.98 Å². The predicted molar refractivity (Wildman–Crippen MR) is 86.7 cm³/mol. The number of benzene rings is 1. The number of likely N-dealkylation sites (tertiary alicyclic amines) is 1. The fourth-order valence-electron chi connectivity index (χ4n) is 2.94. The van der Waals surface area contributed by atoms with E-state index in [9.17, 15) is 9.18 Å². The predicted octanol–water partition coefficient (Wildman–Crippen LogP) is 2.79. The zero-order valence-electron chi connectivity index (χ0n) is 13.3. The van der Waals surface area contributed by atoms with Gasteiger partial charge >= 0.3 is 0 Å². The van der Waals surface area contributed by atoms with Gasteiger partial charge in [-0.1, -0.05) is 23.4 Å². The van der Waals surface area contributed by atoms with Gasteiger partial charge in [0.1, 0.15) is 5.82 Å². The minimum absolute atomic E-state index is 0.0469. The number of hydrogen-bond acceptors (Lipinski definition) is 5. The zero-order chi connectivity index (χ0) is 17.2. The van der Waals surface area contributed by atoms with E-state index in [1.54, 1.807) is 41.6 Å². The van der Waals surface area contributed by atoms with Crippen LogP contribution < -0.4 is 0 Å². The minimum Gasteiger partial charge on any atom is -0.339 e. The molecule has 25 heavy (non-hydrogen) atoms. The zero-order valence-corrected chi connectivity index (χ0v) is 13.3. The van der Waals surface area contributed by atoms with E-state index >= 15 is 0 Å². The second kappa shape index (κ2) is 6.43. The van der Waals surface area contributed by atoms with Crippen LogP contribution in [0.1, 0.15) is 23.8 Å². The SMILES string of the molecule is O=C1CC(c2nc(-c3cccnc3)no2)CN1Cc1ccccc1F. The number of pyridine rings is 1. The lowest BCUT2D eigenvalue weighted by atomic mass is 10.1. The van der Waals surface area contributed by atoms with Gasteiger partial charge in [-0.15, -0.1) is 0 Å². The number of carbonyl (C=O) groups is 1. The molecule has 1 aliphatic heterocycles. The Morgan fingerprint density at radius 2 is 2.12 bits per heavy atom. The highest BCUT2D eigenvalue weighted by molar-refractivity contribution is 5.79. The molecule has 1 aromatic carbocycles. The number of rotatable bonds is 4. The number of aromatic nitrogens is 3. The number of hydrogen-bond donors (Lipinski definition) is 0. The molecule has 126 valence electrons. The molecule has 0 spiro atoms. The molecule has 0 radical (unpaired) electrons. The molecule has 1 fully saturated rings. The summed E-state index contributed by atoms with van der Waals surface area (Å²) in [5.41, 5.74) is 1.25. The lowest BCUT2D eigenvalue weighted by Crippen LogP contribution is -2.24. The third kappa shape index (κ3) is 3.13. The number of carbonyl (C=O) groups excluding carboxylic acids is 1. The Morgan fingerprint density at radius 1 is 1.24 bits per heavy atom. The molecular formula is C18H15FN4O2. The molecule has 1 atom stereocenters. The van der Waals surface area contributed by atoms with E-state index < -0.39 is 0 Å². The van der Waals surface area contributed by atoms with Crippen molar-refractivity contribution in [3.8, 4) is 11.4 Å². The first kappa shape index (κ1) is 15.4. The van der Waals surface area contributed by atoms with Crippen LogP contribution in [0.2, 0.25) is 0 Å². The Bertz CT molecular complexity index is 897. The normalized spacial score (nSPS) is 17.2. The summed E-state index contributed by atoms with van der Waals surface area (Å²) in [4.78, 5) is 22.3. The van der Waals surface area contributed by atoms with Gasteiger partial charge in [-0.3, -0.25) is 9.78 Å². The van der Waals surface area contributed by atoms with Crippen LogP contribution in [0.4, 0.5) is 4.39 Å². The third-order valence-electron chi connectivity index (χ3n) is 4.24. The van der Waals surface area contributed by atoms with Gasteiger partial charge in [-0.05, 0) is 18.2 Å². The Hall–Kier alpha value is -3.09. The smallest absolute Gasteiger partial charge is 0.232 e. The lowest BCUT2D eigenvalue weighted by Gasteiger charge is -2.16. The van der Waals surface area contributed by atoms with E-state index in [0.29, 0.717) is 23.8 Å². The molecule has 1 aliphatic rings. The second-order valence-corrected chi connectivity index (χ2v) is 5.96. The van der Waals surface area contributed by atoms with Crippen LogP contribution >= 0.6 is 0 Å². The molecule has 7 heteroatoms. The van der Waals surface area contributed by atoms with Gasteiger partial charge in [0.2, 0.25) is 17.6 Å². The van der Waals surface area contributed by atoms with Crippen LogP contribution in [-0.4, -0.2) is 32.5 Å². The Morgan fingerprint density at radius 3 is 2.92 bits per heavy atom. The van der Waals surface area contributed by atoms with Crippen LogP contribution in [0.5, 0.6) is 0 Å². The number of nitrogens with zero attached hydrogens (tertiary/aromatic N) is 4. The van der Waals surface area contributed by atoms with E-state index in [2.05, 4.69) is 15.1 Å². The molecule has 0 N–H and O–H groups in total. The van der Waals surface area contributed by atoms with E-state index in [1.807, 2.05) is 6.07 Å². The summed E-state index contributed by atoms with van der Waals surface area (Å²) in [7, 11) is 0. The van der Waals surface area contributed by atoms with Crippen molar-refractivity contribution in [3.05, 3.63) is 66.1 Å². The standard InChI is InChI=1S/C18H15FN4O2/c19-15-6-2-1-4-13(15)10-23-11-14(8-16(23)24)18-21-17(22-25-18)12-5-3-7-20-9-12/h1-7,9,14H,8,10-11H2. The first-order chi connectivity index (χ1) is 12.2. The van der Waals surface area contributed by atoms with Crippen LogP contribution in [0.3, 0.4) is 0 Å². The van der Waals surface area contributed by atoms with Crippen molar-refractivity contribution in [1.29, 1.82) is 0 Å². The highest BCUT2D eigenvalue weighted by Gasteiger charge is 2.34. The summed E-state index contributed by atoms with van der Waals surface area (Å²) in [6.45, 7) is 0.674. The molecule has 2 aromatic heterocycles. The van der Waals surface area contributed by atoms with Gasteiger partial charge in [0, 0.05) is 43.0 Å². The van der Waals surface area contributed by atoms with E-state index in [4.69, 9.17) is 4.52 Å². The Balaban J connectivity index is 1.49. The fourth-order valence-corrected chi connectivity index (χ4v) is 2.94. The monoisotopic (exact) mass is 338 g/mol. The summed E-state index contributed by atoms with van der Waals surface area (Å²) >= 11 is 0. The maximum atomic E-state index is 13.8. The highest BCUT2D eigenvalue weighted by Crippen LogP contribution is 2.29. The van der Waals surface area contributed by atoms with Crippen molar-refractivity contribution in [2.24, 2.45) is 0 Å². The number of halogens is 1. The first-order valence-corrected chi connectivity index (χ1v) is 7.96. The van der Waals surface area contributed by atoms with Crippen molar-refractivity contribution in [1.82, 2.24) is 20.0 Å². The van der Waals surface area contributed by atoms with Gasteiger partial charge in [0.05, 0.1) is 5.92 Å². The molecule has 1 unspecified atom stereocenters. The minimum atomic E-state index is -0.310. The van der Waals surface area contributed by atoms with Crippen LogP contribution in [0, 0.1) is 5.82 Å². The summed E-state index contributed by atoms with van der Waals surface area (Å²) < 4.78 is 19.1. The lowest BCUT2D eigenvalue weighted by molar-refractivity contribution is -0.128. The van der Waals surface area contributed by atoms with Gasteiger partial charge in [-0.25, -0.2) is 4.39 Å². The van der Waals surface area contributed by atoms with Gasteiger partial charge in [0.25, 0.3) is 0 Å².